The number of nitrogens with two attached hydrogens (primary N) is 1. The Labute approximate surface area is 113 Å². The van der Waals surface area contributed by atoms with Gasteiger partial charge in [-0.1, -0.05) is 18.2 Å². The Morgan fingerprint density at radius 2 is 2.11 bits per heavy atom. The van der Waals surface area contributed by atoms with Crippen molar-refractivity contribution in [3.05, 3.63) is 36.0 Å². The van der Waals surface area contributed by atoms with E-state index in [-0.39, 0.29) is 5.91 Å². The standard InChI is InChI=1S/C15H21N3O/c1-17(15(19)7-9-16)10-8-12-11-18(2)14-6-4-3-5-13(12)14/h3-6,11H,7-10,16H2,1-2H3. The van der Waals surface area contributed by atoms with Gasteiger partial charge in [-0.05, 0) is 18.1 Å². The zero-order valence-electron chi connectivity index (χ0n) is 11.6. The Bertz CT molecular complexity index is 574. The van der Waals surface area contributed by atoms with E-state index in [0.29, 0.717) is 13.0 Å². The quantitative estimate of drug-likeness (QED) is 0.885. The van der Waals surface area contributed by atoms with Crippen LogP contribution in [0.15, 0.2) is 30.5 Å². The smallest absolute Gasteiger partial charge is 0.223 e. The van der Waals surface area contributed by atoms with E-state index in [9.17, 15) is 4.79 Å². The maximum atomic E-state index is 11.7. The lowest BCUT2D eigenvalue weighted by atomic mass is 10.1. The van der Waals surface area contributed by atoms with Gasteiger partial charge in [0.05, 0.1) is 0 Å². The first kappa shape index (κ1) is 13.6. The summed E-state index contributed by atoms with van der Waals surface area (Å²) in [6.45, 7) is 1.14. The first-order valence-electron chi connectivity index (χ1n) is 6.60. The van der Waals surface area contributed by atoms with Crippen molar-refractivity contribution in [2.75, 3.05) is 20.1 Å². The molecule has 19 heavy (non-hydrogen) atoms. The fraction of sp³-hybridized carbons (Fsp3) is 0.400. The van der Waals surface area contributed by atoms with Gasteiger partial charge in [0.1, 0.15) is 0 Å². The first-order chi connectivity index (χ1) is 9.13. The molecule has 0 radical (unpaired) electrons. The average molecular weight is 259 g/mol. The van der Waals surface area contributed by atoms with Crippen molar-refractivity contribution in [1.82, 2.24) is 9.47 Å². The van der Waals surface area contributed by atoms with Crippen LogP contribution in [0.4, 0.5) is 0 Å². The normalized spacial score (nSPS) is 10.9. The molecule has 1 heterocycles. The summed E-state index contributed by atoms with van der Waals surface area (Å²) in [6.07, 6.45) is 3.44. The third kappa shape index (κ3) is 2.96. The Hall–Kier alpha value is -1.81. The fourth-order valence-electron chi connectivity index (χ4n) is 2.35. The lowest BCUT2D eigenvalue weighted by Crippen LogP contribution is -2.30. The highest BCUT2D eigenvalue weighted by atomic mass is 16.2. The Morgan fingerprint density at radius 3 is 2.84 bits per heavy atom. The van der Waals surface area contributed by atoms with E-state index in [4.69, 9.17) is 5.73 Å². The van der Waals surface area contributed by atoms with Crippen LogP contribution >= 0.6 is 0 Å². The van der Waals surface area contributed by atoms with Crippen LogP contribution in [0, 0.1) is 0 Å². The minimum Gasteiger partial charge on any atom is -0.350 e. The zero-order valence-corrected chi connectivity index (χ0v) is 11.6. The number of aryl methyl sites for hydroxylation is 1. The summed E-state index contributed by atoms with van der Waals surface area (Å²) in [5.74, 6) is 0.114. The predicted molar refractivity (Wildman–Crippen MR) is 77.9 cm³/mol. The summed E-state index contributed by atoms with van der Waals surface area (Å²) < 4.78 is 2.13. The van der Waals surface area contributed by atoms with Crippen LogP contribution in [0.2, 0.25) is 0 Å². The second kappa shape index (κ2) is 5.89. The summed E-state index contributed by atoms with van der Waals surface area (Å²) in [6, 6.07) is 8.34. The van der Waals surface area contributed by atoms with Gasteiger partial charge in [-0.25, -0.2) is 0 Å². The number of carbonyl (C=O) groups excluding carboxylic acids is 1. The van der Waals surface area contributed by atoms with Crippen molar-refractivity contribution in [3.63, 3.8) is 0 Å². The number of amides is 1. The number of hydrogen-bond donors (Lipinski definition) is 1. The van der Waals surface area contributed by atoms with E-state index >= 15 is 0 Å². The van der Waals surface area contributed by atoms with Crippen molar-refractivity contribution in [2.24, 2.45) is 12.8 Å². The van der Waals surface area contributed by atoms with Crippen LogP contribution in [0.25, 0.3) is 10.9 Å². The largest absolute Gasteiger partial charge is 0.350 e. The molecule has 2 rings (SSSR count). The number of para-hydroxylation sites is 1. The first-order valence-corrected chi connectivity index (χ1v) is 6.60. The molecule has 2 N–H and O–H groups in total. The molecule has 4 nitrogen and oxygen atoms in total. The van der Waals surface area contributed by atoms with Gasteiger partial charge in [-0.3, -0.25) is 4.79 Å². The fourth-order valence-corrected chi connectivity index (χ4v) is 2.35. The van der Waals surface area contributed by atoms with Gasteiger partial charge in [0.15, 0.2) is 0 Å². The molecule has 1 aromatic heterocycles. The molecule has 1 aromatic carbocycles. The van der Waals surface area contributed by atoms with Crippen LogP contribution in [0.3, 0.4) is 0 Å². The molecule has 102 valence electrons. The lowest BCUT2D eigenvalue weighted by molar-refractivity contribution is -0.129. The van der Waals surface area contributed by atoms with Crippen molar-refractivity contribution >= 4 is 16.8 Å². The summed E-state index contributed by atoms with van der Waals surface area (Å²) in [4.78, 5) is 13.4. The van der Waals surface area contributed by atoms with E-state index < -0.39 is 0 Å². The third-order valence-electron chi connectivity index (χ3n) is 3.48. The minimum atomic E-state index is 0.114. The SMILES string of the molecule is CN(CCc1cn(C)c2ccccc12)C(=O)CCN. The number of aromatic nitrogens is 1. The average Bonchev–Trinajstić information content (AvgIpc) is 2.74. The summed E-state index contributed by atoms with van der Waals surface area (Å²) in [7, 11) is 3.89. The third-order valence-corrected chi connectivity index (χ3v) is 3.48. The van der Waals surface area contributed by atoms with Gasteiger partial charge >= 0.3 is 0 Å². The van der Waals surface area contributed by atoms with Gasteiger partial charge < -0.3 is 15.2 Å². The molecular weight excluding hydrogens is 238 g/mol. The van der Waals surface area contributed by atoms with E-state index in [1.165, 1.54) is 16.5 Å². The van der Waals surface area contributed by atoms with Crippen LogP contribution < -0.4 is 5.73 Å². The van der Waals surface area contributed by atoms with E-state index in [1.807, 2.05) is 13.1 Å². The molecule has 0 aliphatic rings. The highest BCUT2D eigenvalue weighted by Crippen LogP contribution is 2.20. The molecule has 0 unspecified atom stereocenters. The van der Waals surface area contributed by atoms with E-state index in [2.05, 4.69) is 36.0 Å². The number of rotatable bonds is 5. The van der Waals surface area contributed by atoms with Crippen molar-refractivity contribution in [1.29, 1.82) is 0 Å². The van der Waals surface area contributed by atoms with E-state index in [0.717, 1.165) is 13.0 Å². The second-order valence-electron chi connectivity index (χ2n) is 4.89. The molecule has 0 saturated heterocycles. The van der Waals surface area contributed by atoms with Gasteiger partial charge in [0, 0.05) is 50.7 Å². The Morgan fingerprint density at radius 1 is 1.37 bits per heavy atom. The maximum absolute atomic E-state index is 11.7. The number of likely N-dealkylation sites (N-methyl/N-ethyl adjacent to an activating group) is 1. The number of benzene rings is 1. The molecule has 0 bridgehead atoms. The number of carbonyl (C=O) groups is 1. The van der Waals surface area contributed by atoms with Crippen molar-refractivity contribution < 1.29 is 4.79 Å². The Kier molecular flexibility index (Phi) is 4.22. The molecule has 0 spiro atoms. The molecule has 0 aliphatic heterocycles. The highest BCUT2D eigenvalue weighted by Gasteiger charge is 2.10. The topological polar surface area (TPSA) is 51.3 Å². The summed E-state index contributed by atoms with van der Waals surface area (Å²) in [5, 5.41) is 1.27. The minimum absolute atomic E-state index is 0.114. The predicted octanol–water partition coefficient (Wildman–Crippen LogP) is 1.53. The van der Waals surface area contributed by atoms with Crippen LogP contribution in [-0.4, -0.2) is 35.5 Å². The number of nitrogens with zero attached hydrogens (tertiary/aromatic N) is 2. The van der Waals surface area contributed by atoms with Crippen molar-refractivity contribution in [3.8, 4) is 0 Å². The van der Waals surface area contributed by atoms with Crippen molar-refractivity contribution in [2.45, 2.75) is 12.8 Å². The maximum Gasteiger partial charge on any atom is 0.223 e. The molecule has 4 heteroatoms. The summed E-state index contributed by atoms with van der Waals surface area (Å²) in [5.41, 5.74) is 7.91. The molecule has 2 aromatic rings. The number of hydrogen-bond acceptors (Lipinski definition) is 2. The molecule has 0 saturated carbocycles. The molecule has 0 atom stereocenters. The van der Waals surface area contributed by atoms with Gasteiger partial charge in [-0.15, -0.1) is 0 Å². The lowest BCUT2D eigenvalue weighted by Gasteiger charge is -2.16. The highest BCUT2D eigenvalue weighted by molar-refractivity contribution is 5.84. The molecule has 0 aliphatic carbocycles. The molecule has 1 amide bonds. The molecular formula is C15H21N3O. The molecule has 0 fully saturated rings. The van der Waals surface area contributed by atoms with Gasteiger partial charge in [0.25, 0.3) is 0 Å². The van der Waals surface area contributed by atoms with Gasteiger partial charge in [-0.2, -0.15) is 0 Å². The van der Waals surface area contributed by atoms with Crippen LogP contribution in [0.1, 0.15) is 12.0 Å². The number of fused-ring (bicyclic) bond motifs is 1. The van der Waals surface area contributed by atoms with Crippen LogP contribution in [0.5, 0.6) is 0 Å². The Balaban J connectivity index is 2.08. The van der Waals surface area contributed by atoms with Crippen LogP contribution in [-0.2, 0) is 18.3 Å². The zero-order chi connectivity index (χ0) is 13.8. The van der Waals surface area contributed by atoms with Gasteiger partial charge in [0.2, 0.25) is 5.91 Å². The van der Waals surface area contributed by atoms with E-state index in [1.54, 1.807) is 4.90 Å². The second-order valence-corrected chi connectivity index (χ2v) is 4.89. The monoisotopic (exact) mass is 259 g/mol. The summed E-state index contributed by atoms with van der Waals surface area (Å²) >= 11 is 0.